The Kier molecular flexibility index (Phi) is 0.571. The molecule has 1 N–H and O–H groups in total. The minimum Gasteiger partial charge on any atom is -0.393 e. The molecule has 0 aromatic carbocycles. The van der Waals surface area contributed by atoms with Gasteiger partial charge in [-0.05, 0) is 31.1 Å². The molecular formula is C6H10O. The van der Waals surface area contributed by atoms with Crippen LogP contribution in [-0.2, 0) is 0 Å². The van der Waals surface area contributed by atoms with Crippen molar-refractivity contribution in [3.05, 3.63) is 0 Å². The normalized spacial score (nSPS) is 57.0. The van der Waals surface area contributed by atoms with Crippen LogP contribution in [0.25, 0.3) is 0 Å². The van der Waals surface area contributed by atoms with Gasteiger partial charge in [-0.1, -0.05) is 0 Å². The van der Waals surface area contributed by atoms with Crippen molar-refractivity contribution in [1.82, 2.24) is 0 Å². The molecule has 0 heterocycles. The van der Waals surface area contributed by atoms with E-state index in [1.165, 1.54) is 19.3 Å². The van der Waals surface area contributed by atoms with E-state index in [2.05, 4.69) is 0 Å². The van der Waals surface area contributed by atoms with Gasteiger partial charge < -0.3 is 5.11 Å². The van der Waals surface area contributed by atoms with Crippen molar-refractivity contribution in [1.29, 1.82) is 0 Å². The lowest BCUT2D eigenvalue weighted by Gasteiger charge is -2.30. The van der Waals surface area contributed by atoms with Crippen LogP contribution < -0.4 is 0 Å². The number of fused-ring (bicyclic) bond motifs is 1. The van der Waals surface area contributed by atoms with E-state index in [-0.39, 0.29) is 6.10 Å². The van der Waals surface area contributed by atoms with E-state index in [0.29, 0.717) is 11.8 Å². The number of aliphatic hydroxyl groups excluding tert-OH is 1. The number of hydrogen-bond acceptors (Lipinski definition) is 1. The topological polar surface area (TPSA) is 20.2 Å². The highest BCUT2D eigenvalue weighted by atomic mass is 16.3. The monoisotopic (exact) mass is 98.1 g/mol. The molecule has 0 amide bonds. The quantitative estimate of drug-likeness (QED) is 0.474. The molecule has 3 aliphatic carbocycles. The Labute approximate surface area is 43.3 Å². The van der Waals surface area contributed by atoms with Gasteiger partial charge in [0.2, 0.25) is 0 Å². The molecular weight excluding hydrogens is 88.1 g/mol. The first-order valence-corrected chi connectivity index (χ1v) is 3.06. The molecule has 3 aliphatic rings. The SMILES string of the molecule is OC1C2CCC1C2. The van der Waals surface area contributed by atoms with Crippen molar-refractivity contribution in [2.45, 2.75) is 25.4 Å². The fourth-order valence-corrected chi connectivity index (χ4v) is 1.86. The molecule has 3 rings (SSSR count). The maximum Gasteiger partial charge on any atom is 0.0596 e. The van der Waals surface area contributed by atoms with Gasteiger partial charge in [-0.3, -0.25) is 0 Å². The van der Waals surface area contributed by atoms with Gasteiger partial charge >= 0.3 is 0 Å². The van der Waals surface area contributed by atoms with Crippen LogP contribution in [0.3, 0.4) is 0 Å². The second-order valence-corrected chi connectivity index (χ2v) is 2.82. The Morgan fingerprint density at radius 2 is 1.71 bits per heavy atom. The van der Waals surface area contributed by atoms with E-state index in [1.54, 1.807) is 0 Å². The van der Waals surface area contributed by atoms with Crippen LogP contribution >= 0.6 is 0 Å². The second-order valence-electron chi connectivity index (χ2n) is 2.82. The van der Waals surface area contributed by atoms with Crippen LogP contribution in [0, 0.1) is 11.8 Å². The van der Waals surface area contributed by atoms with Gasteiger partial charge in [0, 0.05) is 0 Å². The lowest BCUT2D eigenvalue weighted by molar-refractivity contribution is 0.00943. The summed E-state index contributed by atoms with van der Waals surface area (Å²) in [5.74, 6) is 1.43. The molecule has 2 bridgehead atoms. The third-order valence-electron chi connectivity index (χ3n) is 2.48. The van der Waals surface area contributed by atoms with Gasteiger partial charge in [0.1, 0.15) is 0 Å². The Morgan fingerprint density at radius 3 is 1.86 bits per heavy atom. The molecule has 2 atom stereocenters. The van der Waals surface area contributed by atoms with Crippen LogP contribution in [0.4, 0.5) is 0 Å². The summed E-state index contributed by atoms with van der Waals surface area (Å²) in [5, 5.41) is 9.05. The second kappa shape index (κ2) is 1.03. The average molecular weight is 98.1 g/mol. The summed E-state index contributed by atoms with van der Waals surface area (Å²) in [7, 11) is 0. The number of rotatable bonds is 0. The van der Waals surface area contributed by atoms with E-state index in [4.69, 9.17) is 5.11 Å². The summed E-state index contributed by atoms with van der Waals surface area (Å²) >= 11 is 0. The van der Waals surface area contributed by atoms with E-state index in [9.17, 15) is 0 Å². The molecule has 7 heavy (non-hydrogen) atoms. The minimum atomic E-state index is 0.111. The van der Waals surface area contributed by atoms with Crippen molar-refractivity contribution in [2.24, 2.45) is 11.8 Å². The average Bonchev–Trinajstić information content (AvgIpc) is 2.18. The maximum absolute atomic E-state index is 9.05. The minimum absolute atomic E-state index is 0.111. The molecule has 40 valence electrons. The molecule has 2 unspecified atom stereocenters. The largest absolute Gasteiger partial charge is 0.393 e. The Bertz CT molecular complexity index is 76.2. The van der Waals surface area contributed by atoms with E-state index in [0.717, 1.165) is 0 Å². The van der Waals surface area contributed by atoms with E-state index < -0.39 is 0 Å². The predicted molar refractivity (Wildman–Crippen MR) is 26.8 cm³/mol. The van der Waals surface area contributed by atoms with Crippen LogP contribution in [0.2, 0.25) is 0 Å². The highest BCUT2D eigenvalue weighted by molar-refractivity contribution is 4.95. The molecule has 1 heteroatoms. The number of aliphatic hydroxyl groups is 1. The first-order chi connectivity index (χ1) is 3.38. The third kappa shape index (κ3) is 0.325. The van der Waals surface area contributed by atoms with Gasteiger partial charge in [0.15, 0.2) is 0 Å². The zero-order chi connectivity index (χ0) is 4.85. The Balaban J connectivity index is 2.14. The summed E-state index contributed by atoms with van der Waals surface area (Å²) in [6.07, 6.45) is 4.03. The van der Waals surface area contributed by atoms with Crippen LogP contribution in [0.1, 0.15) is 19.3 Å². The van der Waals surface area contributed by atoms with Crippen LogP contribution in [-0.4, -0.2) is 11.2 Å². The molecule has 0 aromatic rings. The molecule has 0 saturated heterocycles. The standard InChI is InChI=1S/C6H10O/c7-6-4-1-2-5(6)3-4/h4-7H,1-3H2. The molecule has 0 aliphatic heterocycles. The first kappa shape index (κ1) is 3.90. The predicted octanol–water partition coefficient (Wildman–Crippen LogP) is 0.777. The van der Waals surface area contributed by atoms with Crippen molar-refractivity contribution < 1.29 is 5.11 Å². The van der Waals surface area contributed by atoms with Gasteiger partial charge in [0.25, 0.3) is 0 Å². The van der Waals surface area contributed by atoms with Crippen molar-refractivity contribution in [3.63, 3.8) is 0 Å². The summed E-state index contributed by atoms with van der Waals surface area (Å²) in [4.78, 5) is 0. The van der Waals surface area contributed by atoms with Crippen LogP contribution in [0.15, 0.2) is 0 Å². The fraction of sp³-hybridized carbons (Fsp3) is 1.00. The zero-order valence-electron chi connectivity index (χ0n) is 4.30. The van der Waals surface area contributed by atoms with Crippen molar-refractivity contribution >= 4 is 0 Å². The molecule has 3 saturated carbocycles. The molecule has 1 nitrogen and oxygen atoms in total. The van der Waals surface area contributed by atoms with Gasteiger partial charge in [-0.2, -0.15) is 0 Å². The number of hydrogen-bond donors (Lipinski definition) is 1. The maximum atomic E-state index is 9.05. The van der Waals surface area contributed by atoms with E-state index in [1.807, 2.05) is 0 Å². The Morgan fingerprint density at radius 1 is 1.14 bits per heavy atom. The van der Waals surface area contributed by atoms with Gasteiger partial charge in [-0.15, -0.1) is 0 Å². The van der Waals surface area contributed by atoms with Crippen molar-refractivity contribution in [3.8, 4) is 0 Å². The lowest BCUT2D eigenvalue weighted by Crippen LogP contribution is -2.32. The molecule has 0 radical (unpaired) electrons. The lowest BCUT2D eigenvalue weighted by atomic mass is 9.81. The summed E-state index contributed by atoms with van der Waals surface area (Å²) < 4.78 is 0. The van der Waals surface area contributed by atoms with Crippen LogP contribution in [0.5, 0.6) is 0 Å². The highest BCUT2D eigenvalue weighted by Crippen LogP contribution is 2.48. The summed E-state index contributed by atoms with van der Waals surface area (Å²) in [5.41, 5.74) is 0. The summed E-state index contributed by atoms with van der Waals surface area (Å²) in [6.45, 7) is 0. The fourth-order valence-electron chi connectivity index (χ4n) is 1.86. The van der Waals surface area contributed by atoms with E-state index >= 15 is 0 Å². The Hall–Kier alpha value is -0.0400. The smallest absolute Gasteiger partial charge is 0.0596 e. The first-order valence-electron chi connectivity index (χ1n) is 3.06. The molecule has 3 fully saturated rings. The van der Waals surface area contributed by atoms with Gasteiger partial charge in [-0.25, -0.2) is 0 Å². The molecule has 0 spiro atoms. The molecule has 0 aromatic heterocycles. The van der Waals surface area contributed by atoms with Gasteiger partial charge in [0.05, 0.1) is 6.10 Å². The van der Waals surface area contributed by atoms with Crippen molar-refractivity contribution in [2.75, 3.05) is 0 Å². The summed E-state index contributed by atoms with van der Waals surface area (Å²) in [6, 6.07) is 0. The highest BCUT2D eigenvalue weighted by Gasteiger charge is 2.45. The zero-order valence-corrected chi connectivity index (χ0v) is 4.30. The third-order valence-corrected chi connectivity index (χ3v) is 2.48.